The zero-order chi connectivity index (χ0) is 10.0. The van der Waals surface area contributed by atoms with Crippen LogP contribution in [0.1, 0.15) is 25.0 Å². The first-order valence-electron chi connectivity index (χ1n) is 5.08. The zero-order valence-corrected chi connectivity index (χ0v) is 8.45. The largest absolute Gasteiger partial charge is 0.388 e. The quantitative estimate of drug-likeness (QED) is 0.766. The molecular weight excluding hydrogens is 176 g/mol. The number of anilines is 1. The third kappa shape index (κ3) is 2.04. The van der Waals surface area contributed by atoms with E-state index < -0.39 is 5.60 Å². The van der Waals surface area contributed by atoms with Crippen LogP contribution in [0.2, 0.25) is 0 Å². The molecule has 0 radical (unpaired) electrons. The zero-order valence-electron chi connectivity index (χ0n) is 8.45. The fourth-order valence-electron chi connectivity index (χ4n) is 1.66. The molecule has 0 bridgehead atoms. The number of hydrogen-bond acceptors (Lipinski definition) is 3. The average Bonchev–Trinajstić information content (AvgIpc) is 2.12. The van der Waals surface area contributed by atoms with Crippen LogP contribution in [0.4, 0.5) is 5.82 Å². The molecule has 1 aliphatic rings. The smallest absolute Gasteiger partial charge is 0.126 e. The Morgan fingerprint density at radius 2 is 2.29 bits per heavy atom. The lowest BCUT2D eigenvalue weighted by molar-refractivity contribution is -0.0202. The lowest BCUT2D eigenvalue weighted by Crippen LogP contribution is -2.43. The van der Waals surface area contributed by atoms with Gasteiger partial charge >= 0.3 is 0 Å². The highest BCUT2D eigenvalue weighted by atomic mass is 16.3. The number of nitrogens with zero attached hydrogens (tertiary/aromatic N) is 1. The predicted octanol–water partition coefficient (Wildman–Crippen LogP) is 1.72. The number of hydrogen-bond donors (Lipinski definition) is 2. The van der Waals surface area contributed by atoms with Crippen molar-refractivity contribution in [2.45, 2.75) is 31.8 Å². The normalized spacial score (nSPS) is 18.7. The molecule has 0 aliphatic heterocycles. The molecule has 2 rings (SSSR count). The van der Waals surface area contributed by atoms with Gasteiger partial charge < -0.3 is 10.4 Å². The Morgan fingerprint density at radius 3 is 2.86 bits per heavy atom. The number of rotatable bonds is 3. The second kappa shape index (κ2) is 3.58. The first-order chi connectivity index (χ1) is 6.68. The molecule has 0 saturated heterocycles. The molecule has 0 spiro atoms. The third-order valence-electron chi connectivity index (χ3n) is 2.77. The summed E-state index contributed by atoms with van der Waals surface area (Å²) in [6.07, 6.45) is 2.96. The standard InChI is InChI=1S/C11H16N2O/c1-9-4-2-5-10(13-9)12-8-11(14)6-3-7-11/h2,4-5,14H,3,6-8H2,1H3,(H,12,13). The third-order valence-corrected chi connectivity index (χ3v) is 2.77. The van der Waals surface area contributed by atoms with Gasteiger partial charge in [-0.15, -0.1) is 0 Å². The highest BCUT2D eigenvalue weighted by molar-refractivity contribution is 5.35. The van der Waals surface area contributed by atoms with Gasteiger partial charge in [0.1, 0.15) is 5.82 Å². The molecule has 0 unspecified atom stereocenters. The molecule has 14 heavy (non-hydrogen) atoms. The molecule has 0 aromatic carbocycles. The van der Waals surface area contributed by atoms with Crippen molar-refractivity contribution in [3.05, 3.63) is 23.9 Å². The topological polar surface area (TPSA) is 45.1 Å². The molecule has 1 aromatic rings. The summed E-state index contributed by atoms with van der Waals surface area (Å²) in [5.41, 5.74) is 0.515. The number of pyridine rings is 1. The number of nitrogens with one attached hydrogen (secondary N) is 1. The fourth-order valence-corrected chi connectivity index (χ4v) is 1.66. The Hall–Kier alpha value is -1.09. The summed E-state index contributed by atoms with van der Waals surface area (Å²) in [4.78, 5) is 4.31. The van der Waals surface area contributed by atoms with Crippen molar-refractivity contribution >= 4 is 5.82 Å². The molecule has 1 saturated carbocycles. The molecule has 0 amide bonds. The highest BCUT2D eigenvalue weighted by Crippen LogP contribution is 2.31. The Balaban J connectivity index is 1.91. The van der Waals surface area contributed by atoms with E-state index in [0.717, 1.165) is 30.8 Å². The number of aliphatic hydroxyl groups is 1. The van der Waals surface area contributed by atoms with E-state index in [1.807, 2.05) is 25.1 Å². The lowest BCUT2D eigenvalue weighted by Gasteiger charge is -2.36. The van der Waals surface area contributed by atoms with E-state index in [9.17, 15) is 5.11 Å². The maximum atomic E-state index is 9.85. The first-order valence-corrected chi connectivity index (χ1v) is 5.08. The van der Waals surface area contributed by atoms with Crippen LogP contribution in [0.5, 0.6) is 0 Å². The van der Waals surface area contributed by atoms with Gasteiger partial charge in [0.15, 0.2) is 0 Å². The van der Waals surface area contributed by atoms with Gasteiger partial charge in [0, 0.05) is 12.2 Å². The average molecular weight is 192 g/mol. The highest BCUT2D eigenvalue weighted by Gasteiger charge is 2.33. The van der Waals surface area contributed by atoms with E-state index in [1.54, 1.807) is 0 Å². The first kappa shape index (κ1) is 9.46. The van der Waals surface area contributed by atoms with Gasteiger partial charge in [0.25, 0.3) is 0 Å². The summed E-state index contributed by atoms with van der Waals surface area (Å²) < 4.78 is 0. The SMILES string of the molecule is Cc1cccc(NCC2(O)CCC2)n1. The number of aryl methyl sites for hydroxylation is 1. The van der Waals surface area contributed by atoms with Crippen molar-refractivity contribution in [3.63, 3.8) is 0 Å². The van der Waals surface area contributed by atoms with Crippen LogP contribution < -0.4 is 5.32 Å². The van der Waals surface area contributed by atoms with Crippen LogP contribution in [-0.4, -0.2) is 22.2 Å². The molecule has 0 atom stereocenters. The van der Waals surface area contributed by atoms with E-state index in [0.29, 0.717) is 6.54 Å². The minimum absolute atomic E-state index is 0.481. The van der Waals surface area contributed by atoms with Gasteiger partial charge in [-0.2, -0.15) is 0 Å². The van der Waals surface area contributed by atoms with E-state index in [1.165, 1.54) is 0 Å². The van der Waals surface area contributed by atoms with E-state index in [2.05, 4.69) is 10.3 Å². The lowest BCUT2D eigenvalue weighted by atomic mass is 9.80. The Morgan fingerprint density at radius 1 is 1.50 bits per heavy atom. The van der Waals surface area contributed by atoms with Crippen molar-refractivity contribution in [2.75, 3.05) is 11.9 Å². The van der Waals surface area contributed by atoms with Crippen LogP contribution in [-0.2, 0) is 0 Å². The summed E-state index contributed by atoms with van der Waals surface area (Å²) in [5.74, 6) is 0.852. The van der Waals surface area contributed by atoms with Gasteiger partial charge in [-0.1, -0.05) is 6.07 Å². The van der Waals surface area contributed by atoms with Crippen LogP contribution in [0.15, 0.2) is 18.2 Å². The fraction of sp³-hybridized carbons (Fsp3) is 0.545. The van der Waals surface area contributed by atoms with E-state index >= 15 is 0 Å². The van der Waals surface area contributed by atoms with Crippen molar-refractivity contribution in [1.29, 1.82) is 0 Å². The monoisotopic (exact) mass is 192 g/mol. The Bertz CT molecular complexity index is 321. The summed E-state index contributed by atoms with van der Waals surface area (Å²) in [5, 5.41) is 13.0. The van der Waals surface area contributed by atoms with Gasteiger partial charge in [0.05, 0.1) is 5.60 Å². The molecule has 3 heteroatoms. The predicted molar refractivity (Wildman–Crippen MR) is 56.3 cm³/mol. The maximum absolute atomic E-state index is 9.85. The Labute approximate surface area is 84.2 Å². The summed E-state index contributed by atoms with van der Waals surface area (Å²) in [6.45, 7) is 2.58. The van der Waals surface area contributed by atoms with Gasteiger partial charge in [-0.25, -0.2) is 4.98 Å². The van der Waals surface area contributed by atoms with Crippen molar-refractivity contribution in [1.82, 2.24) is 4.98 Å². The van der Waals surface area contributed by atoms with Crippen LogP contribution in [0.3, 0.4) is 0 Å². The molecule has 1 aromatic heterocycles. The second-order valence-electron chi connectivity index (χ2n) is 4.10. The van der Waals surface area contributed by atoms with E-state index in [4.69, 9.17) is 0 Å². The van der Waals surface area contributed by atoms with E-state index in [-0.39, 0.29) is 0 Å². The van der Waals surface area contributed by atoms with Crippen LogP contribution >= 0.6 is 0 Å². The molecule has 76 valence electrons. The van der Waals surface area contributed by atoms with Gasteiger partial charge in [-0.05, 0) is 38.3 Å². The summed E-state index contributed by atoms with van der Waals surface area (Å²) in [6, 6.07) is 5.85. The maximum Gasteiger partial charge on any atom is 0.126 e. The second-order valence-corrected chi connectivity index (χ2v) is 4.10. The Kier molecular flexibility index (Phi) is 2.42. The van der Waals surface area contributed by atoms with Crippen molar-refractivity contribution < 1.29 is 5.11 Å². The molecule has 1 aliphatic carbocycles. The minimum Gasteiger partial charge on any atom is -0.388 e. The van der Waals surface area contributed by atoms with Crippen molar-refractivity contribution in [2.24, 2.45) is 0 Å². The van der Waals surface area contributed by atoms with Crippen LogP contribution in [0.25, 0.3) is 0 Å². The number of aromatic nitrogens is 1. The summed E-state index contributed by atoms with van der Waals surface area (Å²) in [7, 11) is 0. The molecule has 2 N–H and O–H groups in total. The molecular formula is C11H16N2O. The molecule has 1 heterocycles. The molecule has 3 nitrogen and oxygen atoms in total. The van der Waals surface area contributed by atoms with Crippen LogP contribution in [0, 0.1) is 6.92 Å². The molecule has 1 fully saturated rings. The van der Waals surface area contributed by atoms with Gasteiger partial charge in [0.2, 0.25) is 0 Å². The summed E-state index contributed by atoms with van der Waals surface area (Å²) >= 11 is 0. The van der Waals surface area contributed by atoms with Gasteiger partial charge in [-0.3, -0.25) is 0 Å². The minimum atomic E-state index is -0.481. The van der Waals surface area contributed by atoms with Crippen molar-refractivity contribution in [3.8, 4) is 0 Å².